The Balaban J connectivity index is 1.67. The van der Waals surface area contributed by atoms with Crippen molar-refractivity contribution in [2.75, 3.05) is 12.9 Å². The number of hydrogen-bond acceptors (Lipinski definition) is 5. The minimum absolute atomic E-state index is 0.0582. The van der Waals surface area contributed by atoms with Gasteiger partial charge in [0, 0.05) is 18.2 Å². The van der Waals surface area contributed by atoms with Crippen LogP contribution in [0.5, 0.6) is 5.75 Å². The van der Waals surface area contributed by atoms with Gasteiger partial charge in [-0.15, -0.1) is 16.8 Å². The van der Waals surface area contributed by atoms with E-state index in [1.54, 1.807) is 7.11 Å². The summed E-state index contributed by atoms with van der Waals surface area (Å²) < 4.78 is 7.20. The number of amides is 1. The molecule has 1 aliphatic rings. The van der Waals surface area contributed by atoms with Crippen LogP contribution in [-0.2, 0) is 11.3 Å². The number of benzene rings is 1. The van der Waals surface area contributed by atoms with Gasteiger partial charge in [-0.25, -0.2) is 0 Å². The van der Waals surface area contributed by atoms with Crippen LogP contribution in [0.2, 0.25) is 0 Å². The smallest absolute Gasteiger partial charge is 0.230 e. The maximum atomic E-state index is 12.4. The largest absolute Gasteiger partial charge is 0.497 e. The molecule has 3 rings (SSSR count). The topological polar surface area (TPSA) is 69.0 Å². The summed E-state index contributed by atoms with van der Waals surface area (Å²) in [5, 5.41) is 12.6. The predicted molar refractivity (Wildman–Crippen MR) is 112 cm³/mol. The number of allylic oxidation sites excluding steroid dienone is 1. The Morgan fingerprint density at radius 2 is 2.07 bits per heavy atom. The van der Waals surface area contributed by atoms with Crippen molar-refractivity contribution < 1.29 is 9.53 Å². The zero-order valence-electron chi connectivity index (χ0n) is 16.6. The van der Waals surface area contributed by atoms with E-state index in [4.69, 9.17) is 4.74 Å². The van der Waals surface area contributed by atoms with Crippen molar-refractivity contribution in [2.24, 2.45) is 5.92 Å². The van der Waals surface area contributed by atoms with Gasteiger partial charge in [-0.2, -0.15) is 0 Å². The molecule has 0 spiro atoms. The molecule has 1 fully saturated rings. The van der Waals surface area contributed by atoms with Gasteiger partial charge in [0.25, 0.3) is 0 Å². The Labute approximate surface area is 170 Å². The maximum absolute atomic E-state index is 12.4. The Morgan fingerprint density at radius 1 is 1.32 bits per heavy atom. The van der Waals surface area contributed by atoms with E-state index in [-0.39, 0.29) is 5.91 Å². The Bertz CT molecular complexity index is 803. The average molecular weight is 401 g/mol. The Hall–Kier alpha value is -2.28. The minimum atomic E-state index is 0.0582. The molecule has 150 valence electrons. The SMILES string of the molecule is C=CCn1c(SCC(=O)NC2CCCCC2C)nnc1-c1ccc(OC)cc1. The third-order valence-electron chi connectivity index (χ3n) is 5.17. The molecule has 1 N–H and O–H groups in total. The lowest BCUT2D eigenvalue weighted by molar-refractivity contribution is -0.119. The third-order valence-corrected chi connectivity index (χ3v) is 6.13. The highest BCUT2D eigenvalue weighted by Gasteiger charge is 2.23. The molecular formula is C21H28N4O2S. The van der Waals surface area contributed by atoms with Gasteiger partial charge >= 0.3 is 0 Å². The number of methoxy groups -OCH3 is 1. The molecule has 6 nitrogen and oxygen atoms in total. The lowest BCUT2D eigenvalue weighted by Crippen LogP contribution is -2.41. The summed E-state index contributed by atoms with van der Waals surface area (Å²) in [6, 6.07) is 7.99. The summed E-state index contributed by atoms with van der Waals surface area (Å²) in [7, 11) is 1.64. The molecule has 1 aliphatic carbocycles. The summed E-state index contributed by atoms with van der Waals surface area (Å²) in [6.45, 7) is 6.64. The molecule has 1 heterocycles. The number of nitrogens with zero attached hydrogens (tertiary/aromatic N) is 3. The van der Waals surface area contributed by atoms with Crippen LogP contribution in [-0.4, -0.2) is 39.6 Å². The summed E-state index contributed by atoms with van der Waals surface area (Å²) in [6.07, 6.45) is 6.54. The van der Waals surface area contributed by atoms with Crippen molar-refractivity contribution in [3.63, 3.8) is 0 Å². The highest BCUT2D eigenvalue weighted by molar-refractivity contribution is 7.99. The van der Waals surface area contributed by atoms with E-state index >= 15 is 0 Å². The zero-order valence-corrected chi connectivity index (χ0v) is 17.4. The Kier molecular flexibility index (Phi) is 7.14. The average Bonchev–Trinajstić information content (AvgIpc) is 3.11. The van der Waals surface area contributed by atoms with Crippen LogP contribution in [0.4, 0.5) is 0 Å². The number of aromatic nitrogens is 3. The maximum Gasteiger partial charge on any atom is 0.230 e. The van der Waals surface area contributed by atoms with E-state index < -0.39 is 0 Å². The number of ether oxygens (including phenoxy) is 1. The van der Waals surface area contributed by atoms with E-state index in [0.717, 1.165) is 28.7 Å². The van der Waals surface area contributed by atoms with E-state index in [1.165, 1.54) is 31.0 Å². The van der Waals surface area contributed by atoms with Crippen LogP contribution in [0.1, 0.15) is 32.6 Å². The highest BCUT2D eigenvalue weighted by Crippen LogP contribution is 2.26. The summed E-state index contributed by atoms with van der Waals surface area (Å²) >= 11 is 1.41. The van der Waals surface area contributed by atoms with Crippen LogP contribution in [0.15, 0.2) is 42.1 Å². The fraction of sp³-hybridized carbons (Fsp3) is 0.476. The summed E-state index contributed by atoms with van der Waals surface area (Å²) in [5.74, 6) is 2.49. The molecule has 0 aliphatic heterocycles. The van der Waals surface area contributed by atoms with E-state index in [1.807, 2.05) is 34.9 Å². The number of thioether (sulfide) groups is 1. The fourth-order valence-electron chi connectivity index (χ4n) is 3.55. The molecule has 1 aromatic heterocycles. The van der Waals surface area contributed by atoms with Crippen molar-refractivity contribution in [3.8, 4) is 17.1 Å². The molecule has 1 amide bonds. The fourth-order valence-corrected chi connectivity index (χ4v) is 4.31. The third kappa shape index (κ3) is 4.95. The van der Waals surface area contributed by atoms with Gasteiger partial charge in [-0.05, 0) is 43.0 Å². The quantitative estimate of drug-likeness (QED) is 0.537. The highest BCUT2D eigenvalue weighted by atomic mass is 32.2. The first kappa shape index (κ1) is 20.5. The molecule has 2 unspecified atom stereocenters. The van der Waals surface area contributed by atoms with Crippen LogP contribution in [0.3, 0.4) is 0 Å². The van der Waals surface area contributed by atoms with Crippen LogP contribution < -0.4 is 10.1 Å². The number of hydrogen-bond donors (Lipinski definition) is 1. The molecule has 2 atom stereocenters. The van der Waals surface area contributed by atoms with Gasteiger partial charge in [0.2, 0.25) is 5.91 Å². The van der Waals surface area contributed by atoms with Crippen molar-refractivity contribution in [2.45, 2.75) is 50.4 Å². The van der Waals surface area contributed by atoms with Crippen molar-refractivity contribution in [3.05, 3.63) is 36.9 Å². The molecule has 0 radical (unpaired) electrons. The van der Waals surface area contributed by atoms with Gasteiger partial charge < -0.3 is 10.1 Å². The first-order valence-corrected chi connectivity index (χ1v) is 10.7. The first-order valence-electron chi connectivity index (χ1n) is 9.73. The predicted octanol–water partition coefficient (Wildman–Crippen LogP) is 3.93. The standard InChI is InChI=1S/C21H28N4O2S/c1-4-13-25-20(16-9-11-17(27-3)12-10-16)23-24-21(25)28-14-19(26)22-18-8-6-5-7-15(18)2/h4,9-12,15,18H,1,5-8,13-14H2,2-3H3,(H,22,26). The van der Waals surface area contributed by atoms with Gasteiger partial charge in [-0.1, -0.05) is 37.6 Å². The molecule has 0 saturated heterocycles. The lowest BCUT2D eigenvalue weighted by Gasteiger charge is -2.29. The van der Waals surface area contributed by atoms with E-state index in [2.05, 4.69) is 29.0 Å². The number of nitrogens with one attached hydrogen (secondary N) is 1. The van der Waals surface area contributed by atoms with E-state index in [0.29, 0.717) is 24.3 Å². The second-order valence-corrected chi connectivity index (χ2v) is 8.10. The van der Waals surface area contributed by atoms with Crippen molar-refractivity contribution >= 4 is 17.7 Å². The van der Waals surface area contributed by atoms with Gasteiger partial charge in [-0.3, -0.25) is 9.36 Å². The monoisotopic (exact) mass is 400 g/mol. The molecule has 1 saturated carbocycles. The van der Waals surface area contributed by atoms with Gasteiger partial charge in [0.15, 0.2) is 11.0 Å². The second kappa shape index (κ2) is 9.78. The van der Waals surface area contributed by atoms with Crippen LogP contribution >= 0.6 is 11.8 Å². The summed E-state index contributed by atoms with van der Waals surface area (Å²) in [4.78, 5) is 12.4. The Morgan fingerprint density at radius 3 is 2.75 bits per heavy atom. The molecule has 0 bridgehead atoms. The minimum Gasteiger partial charge on any atom is -0.497 e. The number of carbonyl (C=O) groups excluding carboxylic acids is 1. The van der Waals surface area contributed by atoms with Gasteiger partial charge in [0.05, 0.1) is 12.9 Å². The zero-order chi connectivity index (χ0) is 19.9. The van der Waals surface area contributed by atoms with Crippen molar-refractivity contribution in [1.29, 1.82) is 0 Å². The summed E-state index contributed by atoms with van der Waals surface area (Å²) in [5.41, 5.74) is 0.947. The molecule has 28 heavy (non-hydrogen) atoms. The van der Waals surface area contributed by atoms with E-state index in [9.17, 15) is 4.79 Å². The molecule has 7 heteroatoms. The molecule has 2 aromatic rings. The molecule has 1 aromatic carbocycles. The first-order chi connectivity index (χ1) is 13.6. The number of carbonyl (C=O) groups is 1. The van der Waals surface area contributed by atoms with Crippen LogP contribution in [0.25, 0.3) is 11.4 Å². The van der Waals surface area contributed by atoms with Gasteiger partial charge in [0.1, 0.15) is 5.75 Å². The second-order valence-electron chi connectivity index (χ2n) is 7.16. The molecular weight excluding hydrogens is 372 g/mol. The van der Waals surface area contributed by atoms with Crippen molar-refractivity contribution in [1.82, 2.24) is 20.1 Å². The normalized spacial score (nSPS) is 19.2. The van der Waals surface area contributed by atoms with Crippen LogP contribution in [0, 0.1) is 5.92 Å². The lowest BCUT2D eigenvalue weighted by atomic mass is 9.86. The number of rotatable bonds is 8.